The lowest BCUT2D eigenvalue weighted by Crippen LogP contribution is -2.52. The van der Waals surface area contributed by atoms with Gasteiger partial charge in [-0.3, -0.25) is 10.1 Å². The Labute approximate surface area is 94.2 Å². The van der Waals surface area contributed by atoms with Crippen LogP contribution in [0.5, 0.6) is 0 Å². The minimum atomic E-state index is -0.907. The molecule has 86 valence electrons. The van der Waals surface area contributed by atoms with Crippen LogP contribution in [0.2, 0.25) is 0 Å². The second kappa shape index (κ2) is 4.63. The van der Waals surface area contributed by atoms with E-state index in [0.717, 1.165) is 5.56 Å². The quantitative estimate of drug-likeness (QED) is 0.797. The SMILES string of the molecule is O=C(O)C1(NCc2ccccc2)CCOC1. The first kappa shape index (κ1) is 11.1. The summed E-state index contributed by atoms with van der Waals surface area (Å²) >= 11 is 0. The van der Waals surface area contributed by atoms with E-state index in [-0.39, 0.29) is 6.61 Å². The number of ether oxygens (including phenoxy) is 1. The summed E-state index contributed by atoms with van der Waals surface area (Å²) in [6, 6.07) is 9.76. The summed E-state index contributed by atoms with van der Waals surface area (Å²) in [5.41, 5.74) is 0.172. The number of nitrogens with one attached hydrogen (secondary N) is 1. The molecule has 0 spiro atoms. The molecule has 0 bridgehead atoms. The number of carboxylic acids is 1. The van der Waals surface area contributed by atoms with Crippen molar-refractivity contribution < 1.29 is 14.6 Å². The monoisotopic (exact) mass is 221 g/mol. The van der Waals surface area contributed by atoms with Crippen LogP contribution in [-0.2, 0) is 16.1 Å². The lowest BCUT2D eigenvalue weighted by atomic mass is 9.98. The minimum absolute atomic E-state index is 0.245. The average molecular weight is 221 g/mol. The van der Waals surface area contributed by atoms with E-state index < -0.39 is 11.5 Å². The summed E-state index contributed by atoms with van der Waals surface area (Å²) in [6.45, 7) is 1.31. The summed E-state index contributed by atoms with van der Waals surface area (Å²) in [5.74, 6) is -0.832. The van der Waals surface area contributed by atoms with Crippen molar-refractivity contribution in [2.45, 2.75) is 18.5 Å². The summed E-state index contributed by atoms with van der Waals surface area (Å²) in [5, 5.41) is 12.3. The van der Waals surface area contributed by atoms with Crippen LogP contribution in [0, 0.1) is 0 Å². The zero-order valence-corrected chi connectivity index (χ0v) is 8.98. The topological polar surface area (TPSA) is 58.6 Å². The van der Waals surface area contributed by atoms with Gasteiger partial charge < -0.3 is 9.84 Å². The largest absolute Gasteiger partial charge is 0.480 e. The van der Waals surface area contributed by atoms with Gasteiger partial charge in [-0.2, -0.15) is 0 Å². The van der Waals surface area contributed by atoms with Gasteiger partial charge in [0, 0.05) is 19.6 Å². The first-order valence-electron chi connectivity index (χ1n) is 5.33. The average Bonchev–Trinajstić information content (AvgIpc) is 2.78. The van der Waals surface area contributed by atoms with Crippen LogP contribution in [0.1, 0.15) is 12.0 Å². The first-order valence-corrected chi connectivity index (χ1v) is 5.33. The highest BCUT2D eigenvalue weighted by Crippen LogP contribution is 2.19. The van der Waals surface area contributed by atoms with Crippen molar-refractivity contribution in [3.8, 4) is 0 Å². The zero-order chi connectivity index (χ0) is 11.4. The third-order valence-corrected chi connectivity index (χ3v) is 2.90. The zero-order valence-electron chi connectivity index (χ0n) is 8.98. The predicted molar refractivity (Wildman–Crippen MR) is 59.1 cm³/mol. The maximum absolute atomic E-state index is 11.2. The second-order valence-electron chi connectivity index (χ2n) is 4.03. The summed E-state index contributed by atoms with van der Waals surface area (Å²) in [4.78, 5) is 11.2. The van der Waals surface area contributed by atoms with Crippen molar-refractivity contribution in [3.63, 3.8) is 0 Å². The minimum Gasteiger partial charge on any atom is -0.480 e. The van der Waals surface area contributed by atoms with Gasteiger partial charge in [0.15, 0.2) is 0 Å². The van der Waals surface area contributed by atoms with Crippen LogP contribution < -0.4 is 5.32 Å². The van der Waals surface area contributed by atoms with Crippen molar-refractivity contribution in [1.29, 1.82) is 0 Å². The van der Waals surface area contributed by atoms with Gasteiger partial charge in [0.05, 0.1) is 6.61 Å². The van der Waals surface area contributed by atoms with E-state index in [9.17, 15) is 9.90 Å². The Hall–Kier alpha value is -1.39. The molecule has 1 aliphatic rings. The van der Waals surface area contributed by atoms with Gasteiger partial charge in [-0.25, -0.2) is 0 Å². The van der Waals surface area contributed by atoms with E-state index in [1.807, 2.05) is 30.3 Å². The highest BCUT2D eigenvalue weighted by molar-refractivity contribution is 5.79. The smallest absolute Gasteiger partial charge is 0.326 e. The van der Waals surface area contributed by atoms with Crippen molar-refractivity contribution in [1.82, 2.24) is 5.32 Å². The Morgan fingerprint density at radius 1 is 1.44 bits per heavy atom. The van der Waals surface area contributed by atoms with E-state index >= 15 is 0 Å². The van der Waals surface area contributed by atoms with Crippen LogP contribution in [-0.4, -0.2) is 29.8 Å². The predicted octanol–water partition coefficient (Wildman–Crippen LogP) is 1.02. The molecule has 16 heavy (non-hydrogen) atoms. The fourth-order valence-corrected chi connectivity index (χ4v) is 1.82. The van der Waals surface area contributed by atoms with Gasteiger partial charge in [0.1, 0.15) is 5.54 Å². The fourth-order valence-electron chi connectivity index (χ4n) is 1.82. The highest BCUT2D eigenvalue weighted by atomic mass is 16.5. The van der Waals surface area contributed by atoms with Crippen molar-refractivity contribution in [2.24, 2.45) is 0 Å². The Morgan fingerprint density at radius 2 is 2.19 bits per heavy atom. The van der Waals surface area contributed by atoms with Gasteiger partial charge in [0.25, 0.3) is 0 Å². The summed E-state index contributed by atoms with van der Waals surface area (Å²) in [6.07, 6.45) is 0.523. The standard InChI is InChI=1S/C12H15NO3/c14-11(15)12(6-7-16-9-12)13-8-10-4-2-1-3-5-10/h1-5,13H,6-9H2,(H,14,15). The molecule has 1 saturated heterocycles. The molecule has 2 rings (SSSR count). The van der Waals surface area contributed by atoms with Crippen LogP contribution in [0.4, 0.5) is 0 Å². The molecule has 1 aliphatic heterocycles. The molecular formula is C12H15NO3. The number of hydrogen-bond acceptors (Lipinski definition) is 3. The first-order chi connectivity index (χ1) is 7.73. The molecule has 4 heteroatoms. The Bertz CT molecular complexity index is 358. The van der Waals surface area contributed by atoms with Gasteiger partial charge in [-0.15, -0.1) is 0 Å². The molecule has 1 atom stereocenters. The molecule has 0 aliphatic carbocycles. The molecule has 4 nitrogen and oxygen atoms in total. The molecule has 1 aromatic rings. The molecule has 0 aromatic heterocycles. The Morgan fingerprint density at radius 3 is 2.75 bits per heavy atom. The van der Waals surface area contributed by atoms with Crippen LogP contribution in [0.25, 0.3) is 0 Å². The Kier molecular flexibility index (Phi) is 3.22. The van der Waals surface area contributed by atoms with Gasteiger partial charge >= 0.3 is 5.97 Å². The molecule has 1 fully saturated rings. The molecule has 1 unspecified atom stereocenters. The second-order valence-corrected chi connectivity index (χ2v) is 4.03. The van der Waals surface area contributed by atoms with Gasteiger partial charge in [-0.05, 0) is 5.56 Å². The molecule has 0 radical (unpaired) electrons. The fraction of sp³-hybridized carbons (Fsp3) is 0.417. The number of hydrogen-bond donors (Lipinski definition) is 2. The van der Waals surface area contributed by atoms with Crippen LogP contribution in [0.15, 0.2) is 30.3 Å². The molecular weight excluding hydrogens is 206 g/mol. The van der Waals surface area contributed by atoms with Gasteiger partial charge in [0.2, 0.25) is 0 Å². The summed E-state index contributed by atoms with van der Waals surface area (Å²) < 4.78 is 5.17. The number of carboxylic acid groups (broad SMARTS) is 1. The van der Waals surface area contributed by atoms with E-state index in [4.69, 9.17) is 4.74 Å². The van der Waals surface area contributed by atoms with Crippen molar-refractivity contribution in [2.75, 3.05) is 13.2 Å². The summed E-state index contributed by atoms with van der Waals surface area (Å²) in [7, 11) is 0. The maximum Gasteiger partial charge on any atom is 0.326 e. The lowest BCUT2D eigenvalue weighted by molar-refractivity contribution is -0.145. The number of benzene rings is 1. The van der Waals surface area contributed by atoms with Crippen molar-refractivity contribution >= 4 is 5.97 Å². The van der Waals surface area contributed by atoms with Gasteiger partial charge in [-0.1, -0.05) is 30.3 Å². The highest BCUT2D eigenvalue weighted by Gasteiger charge is 2.41. The number of rotatable bonds is 4. The third kappa shape index (κ3) is 2.23. The Balaban J connectivity index is 2.00. The molecule has 1 heterocycles. The third-order valence-electron chi connectivity index (χ3n) is 2.90. The number of carbonyl (C=O) groups is 1. The van der Waals surface area contributed by atoms with Crippen molar-refractivity contribution in [3.05, 3.63) is 35.9 Å². The normalized spacial score (nSPS) is 24.5. The molecule has 1 aromatic carbocycles. The molecule has 0 amide bonds. The number of aliphatic carboxylic acids is 1. The van der Waals surface area contributed by atoms with Crippen LogP contribution >= 0.6 is 0 Å². The van der Waals surface area contributed by atoms with E-state index in [1.54, 1.807) is 0 Å². The lowest BCUT2D eigenvalue weighted by Gasteiger charge is -2.23. The molecule has 2 N–H and O–H groups in total. The maximum atomic E-state index is 11.2. The van der Waals surface area contributed by atoms with E-state index in [1.165, 1.54) is 0 Å². The van der Waals surface area contributed by atoms with Crippen LogP contribution in [0.3, 0.4) is 0 Å². The molecule has 0 saturated carbocycles. The van der Waals surface area contributed by atoms with E-state index in [0.29, 0.717) is 19.6 Å². The van der Waals surface area contributed by atoms with E-state index in [2.05, 4.69) is 5.32 Å².